The molecule has 1 saturated heterocycles. The fourth-order valence-electron chi connectivity index (χ4n) is 2.54. The van der Waals surface area contributed by atoms with E-state index in [2.05, 4.69) is 10.9 Å². The number of carbonyl (C=O) groups is 1. The standard InChI is InChI=1S/C16H23F3N4O/c1-22(2)8-9-23(15(24)14-6-7-20-21-14)11-12-4-3-5-13(10-12)16(17,18)19/h3-5,10,14,20-21H,6-9,11H2,1-2H3. The summed E-state index contributed by atoms with van der Waals surface area (Å²) in [5, 5.41) is 0. The molecular weight excluding hydrogens is 321 g/mol. The van der Waals surface area contributed by atoms with Crippen LogP contribution in [0.5, 0.6) is 0 Å². The molecule has 0 spiro atoms. The second kappa shape index (κ2) is 7.96. The Kier molecular flexibility index (Phi) is 6.20. The molecule has 1 amide bonds. The monoisotopic (exact) mass is 344 g/mol. The van der Waals surface area contributed by atoms with Crippen LogP contribution in [0.4, 0.5) is 13.2 Å². The highest BCUT2D eigenvalue weighted by molar-refractivity contribution is 5.82. The Morgan fingerprint density at radius 2 is 2.04 bits per heavy atom. The summed E-state index contributed by atoms with van der Waals surface area (Å²) >= 11 is 0. The highest BCUT2D eigenvalue weighted by Gasteiger charge is 2.31. The molecule has 0 bridgehead atoms. The minimum atomic E-state index is -4.38. The van der Waals surface area contributed by atoms with Crippen LogP contribution < -0.4 is 10.9 Å². The van der Waals surface area contributed by atoms with Gasteiger partial charge in [0.1, 0.15) is 6.04 Å². The lowest BCUT2D eigenvalue weighted by molar-refractivity contribution is -0.137. The highest BCUT2D eigenvalue weighted by atomic mass is 19.4. The SMILES string of the molecule is CN(C)CCN(Cc1cccc(C(F)(F)F)c1)C(=O)C1CCNN1. The second-order valence-electron chi connectivity index (χ2n) is 6.17. The normalized spacial score (nSPS) is 18.2. The van der Waals surface area contributed by atoms with Gasteiger partial charge in [-0.1, -0.05) is 12.1 Å². The van der Waals surface area contributed by atoms with Crippen LogP contribution in [0, 0.1) is 0 Å². The average molecular weight is 344 g/mol. The number of alkyl halides is 3. The first-order valence-electron chi connectivity index (χ1n) is 7.85. The van der Waals surface area contributed by atoms with Gasteiger partial charge in [0.15, 0.2) is 0 Å². The van der Waals surface area contributed by atoms with Crippen LogP contribution in [0.1, 0.15) is 17.5 Å². The van der Waals surface area contributed by atoms with E-state index in [0.717, 1.165) is 12.1 Å². The van der Waals surface area contributed by atoms with E-state index in [1.165, 1.54) is 6.07 Å². The summed E-state index contributed by atoms with van der Waals surface area (Å²) < 4.78 is 38.6. The van der Waals surface area contributed by atoms with Crippen molar-refractivity contribution in [2.75, 3.05) is 33.7 Å². The zero-order valence-corrected chi connectivity index (χ0v) is 13.9. The first-order valence-corrected chi connectivity index (χ1v) is 7.85. The van der Waals surface area contributed by atoms with Crippen LogP contribution in [-0.4, -0.2) is 55.5 Å². The molecule has 0 radical (unpaired) electrons. The summed E-state index contributed by atoms with van der Waals surface area (Å²) in [5.41, 5.74) is 5.60. The van der Waals surface area contributed by atoms with Crippen LogP contribution in [-0.2, 0) is 17.5 Å². The number of benzene rings is 1. The van der Waals surface area contributed by atoms with Crippen LogP contribution in [0.15, 0.2) is 24.3 Å². The molecule has 2 rings (SSSR count). The van der Waals surface area contributed by atoms with E-state index in [0.29, 0.717) is 31.6 Å². The van der Waals surface area contributed by atoms with Gasteiger partial charge in [-0.05, 0) is 38.2 Å². The van der Waals surface area contributed by atoms with E-state index in [1.807, 2.05) is 19.0 Å². The number of hydrogen-bond donors (Lipinski definition) is 2. The number of hydrazine groups is 1. The van der Waals surface area contributed by atoms with Crippen LogP contribution in [0.2, 0.25) is 0 Å². The largest absolute Gasteiger partial charge is 0.416 e. The predicted molar refractivity (Wildman–Crippen MR) is 85.0 cm³/mol. The summed E-state index contributed by atoms with van der Waals surface area (Å²) in [6.07, 6.45) is -3.72. The molecule has 1 heterocycles. The Morgan fingerprint density at radius 1 is 1.29 bits per heavy atom. The van der Waals surface area contributed by atoms with E-state index in [-0.39, 0.29) is 18.5 Å². The molecule has 24 heavy (non-hydrogen) atoms. The first kappa shape index (κ1) is 18.7. The quantitative estimate of drug-likeness (QED) is 0.820. The number of nitrogens with zero attached hydrogens (tertiary/aromatic N) is 2. The minimum Gasteiger partial charge on any atom is -0.336 e. The zero-order chi connectivity index (χ0) is 17.7. The van der Waals surface area contributed by atoms with E-state index in [9.17, 15) is 18.0 Å². The molecule has 1 aliphatic rings. The van der Waals surface area contributed by atoms with Gasteiger partial charge < -0.3 is 9.80 Å². The van der Waals surface area contributed by atoms with Crippen molar-refractivity contribution in [1.82, 2.24) is 20.7 Å². The van der Waals surface area contributed by atoms with Gasteiger partial charge in [0.2, 0.25) is 5.91 Å². The summed E-state index contributed by atoms with van der Waals surface area (Å²) in [6.45, 7) is 1.96. The molecule has 2 N–H and O–H groups in total. The number of carbonyl (C=O) groups excluding carboxylic acids is 1. The number of hydrogen-bond acceptors (Lipinski definition) is 4. The lowest BCUT2D eigenvalue weighted by Gasteiger charge is -2.27. The Morgan fingerprint density at radius 3 is 2.62 bits per heavy atom. The molecule has 5 nitrogen and oxygen atoms in total. The average Bonchev–Trinajstić information content (AvgIpc) is 3.04. The van der Waals surface area contributed by atoms with Crippen molar-refractivity contribution < 1.29 is 18.0 Å². The number of amides is 1. The van der Waals surface area contributed by atoms with Crippen molar-refractivity contribution in [3.63, 3.8) is 0 Å². The van der Waals surface area contributed by atoms with Crippen LogP contribution in [0.25, 0.3) is 0 Å². The maximum Gasteiger partial charge on any atom is 0.416 e. The van der Waals surface area contributed by atoms with Gasteiger partial charge in [0, 0.05) is 26.2 Å². The smallest absolute Gasteiger partial charge is 0.336 e. The summed E-state index contributed by atoms with van der Waals surface area (Å²) in [7, 11) is 3.78. The Balaban J connectivity index is 2.13. The molecular formula is C16H23F3N4O. The molecule has 1 fully saturated rings. The van der Waals surface area contributed by atoms with Crippen molar-refractivity contribution in [2.24, 2.45) is 0 Å². The molecule has 8 heteroatoms. The van der Waals surface area contributed by atoms with E-state index in [1.54, 1.807) is 11.0 Å². The fourth-order valence-corrected chi connectivity index (χ4v) is 2.54. The van der Waals surface area contributed by atoms with Gasteiger partial charge in [-0.15, -0.1) is 0 Å². The maximum atomic E-state index is 12.9. The van der Waals surface area contributed by atoms with Crippen LogP contribution >= 0.6 is 0 Å². The van der Waals surface area contributed by atoms with Gasteiger partial charge in [-0.2, -0.15) is 13.2 Å². The van der Waals surface area contributed by atoms with E-state index < -0.39 is 11.7 Å². The molecule has 134 valence electrons. The highest BCUT2D eigenvalue weighted by Crippen LogP contribution is 2.29. The fraction of sp³-hybridized carbons (Fsp3) is 0.562. The van der Waals surface area contributed by atoms with Crippen molar-refractivity contribution in [1.29, 1.82) is 0 Å². The van der Waals surface area contributed by atoms with Gasteiger partial charge in [0.25, 0.3) is 0 Å². The summed E-state index contributed by atoms with van der Waals surface area (Å²) in [6, 6.07) is 4.81. The molecule has 1 aromatic rings. The topological polar surface area (TPSA) is 47.6 Å². The summed E-state index contributed by atoms with van der Waals surface area (Å²) in [5.74, 6) is -0.0979. The predicted octanol–water partition coefficient (Wildman–Crippen LogP) is 1.46. The lowest BCUT2D eigenvalue weighted by Crippen LogP contribution is -2.47. The third-order valence-electron chi connectivity index (χ3n) is 3.89. The van der Waals surface area contributed by atoms with Gasteiger partial charge in [0.05, 0.1) is 5.56 Å². The minimum absolute atomic E-state index is 0.0979. The van der Waals surface area contributed by atoms with Gasteiger partial charge in [-0.25, -0.2) is 5.43 Å². The lowest BCUT2D eigenvalue weighted by atomic mass is 10.1. The molecule has 1 atom stereocenters. The van der Waals surface area contributed by atoms with Crippen molar-refractivity contribution in [3.8, 4) is 0 Å². The summed E-state index contributed by atoms with van der Waals surface area (Å²) in [4.78, 5) is 16.2. The Bertz CT molecular complexity index is 556. The number of nitrogens with one attached hydrogen (secondary N) is 2. The second-order valence-corrected chi connectivity index (χ2v) is 6.17. The molecule has 0 saturated carbocycles. The Labute approximate surface area is 139 Å². The molecule has 1 unspecified atom stereocenters. The van der Waals surface area contributed by atoms with Gasteiger partial charge in [-0.3, -0.25) is 10.2 Å². The number of halogens is 3. The molecule has 1 aromatic carbocycles. The maximum absolute atomic E-state index is 12.9. The first-order chi connectivity index (χ1) is 11.3. The van der Waals surface area contributed by atoms with Crippen molar-refractivity contribution in [3.05, 3.63) is 35.4 Å². The van der Waals surface area contributed by atoms with Gasteiger partial charge >= 0.3 is 6.18 Å². The van der Waals surface area contributed by atoms with Crippen molar-refractivity contribution >= 4 is 5.91 Å². The molecule has 0 aliphatic carbocycles. The molecule has 1 aliphatic heterocycles. The zero-order valence-electron chi connectivity index (χ0n) is 13.9. The molecule has 0 aromatic heterocycles. The van der Waals surface area contributed by atoms with Crippen molar-refractivity contribution in [2.45, 2.75) is 25.2 Å². The third-order valence-corrected chi connectivity index (χ3v) is 3.89. The number of likely N-dealkylation sites (N-methyl/N-ethyl adjacent to an activating group) is 1. The van der Waals surface area contributed by atoms with Crippen LogP contribution in [0.3, 0.4) is 0 Å². The van der Waals surface area contributed by atoms with E-state index in [4.69, 9.17) is 0 Å². The number of rotatable bonds is 6. The van der Waals surface area contributed by atoms with E-state index >= 15 is 0 Å². The Hall–Kier alpha value is -1.64. The third kappa shape index (κ3) is 5.19.